The van der Waals surface area contributed by atoms with Gasteiger partial charge in [-0.3, -0.25) is 14.4 Å². The van der Waals surface area contributed by atoms with Crippen molar-refractivity contribution < 1.29 is 29.3 Å². The number of para-hydroxylation sites is 1. The molecular formula is C56H69N11O6S. The summed E-state index contributed by atoms with van der Waals surface area (Å²) in [7, 11) is 0. The van der Waals surface area contributed by atoms with Gasteiger partial charge < -0.3 is 50.9 Å². The third-order valence-electron chi connectivity index (χ3n) is 16.9. The maximum absolute atomic E-state index is 14.3. The molecule has 2 unspecified atom stereocenters. The Kier molecular flexibility index (Phi) is 13.5. The Hall–Kier alpha value is -6.37. The second-order valence-corrected chi connectivity index (χ2v) is 23.8. The Balaban J connectivity index is 0.618. The van der Waals surface area contributed by atoms with E-state index < -0.39 is 23.6 Å². The highest BCUT2D eigenvalue weighted by Crippen LogP contribution is 2.60. The van der Waals surface area contributed by atoms with Gasteiger partial charge in [0.1, 0.15) is 23.9 Å². The number of phenols is 1. The van der Waals surface area contributed by atoms with Crippen molar-refractivity contribution >= 4 is 46.3 Å². The number of amides is 3. The fourth-order valence-corrected chi connectivity index (χ4v) is 13.7. The van der Waals surface area contributed by atoms with Crippen LogP contribution < -0.4 is 30.9 Å². The molecule has 17 nitrogen and oxygen atoms in total. The molecule has 2 saturated carbocycles. The number of piperidine rings is 1. The van der Waals surface area contributed by atoms with E-state index >= 15 is 0 Å². The minimum Gasteiger partial charge on any atom is -0.507 e. The van der Waals surface area contributed by atoms with E-state index in [-0.39, 0.29) is 60.4 Å². The lowest BCUT2D eigenvalue weighted by molar-refractivity contribution is -0.150. The Morgan fingerprint density at radius 1 is 0.892 bits per heavy atom. The van der Waals surface area contributed by atoms with E-state index in [9.17, 15) is 24.6 Å². The van der Waals surface area contributed by atoms with Crippen LogP contribution in [0.5, 0.6) is 11.6 Å². The molecule has 3 amide bonds. The zero-order valence-corrected chi connectivity index (χ0v) is 43.6. The number of likely N-dealkylation sites (tertiary alicyclic amines) is 2. The van der Waals surface area contributed by atoms with Gasteiger partial charge in [0.25, 0.3) is 0 Å². The van der Waals surface area contributed by atoms with Crippen LogP contribution in [0, 0.1) is 23.7 Å². The van der Waals surface area contributed by atoms with E-state index in [1.807, 2.05) is 87.9 Å². The fraction of sp³-hybridized carbons (Fsp3) is 0.518. The van der Waals surface area contributed by atoms with Crippen LogP contribution in [0.3, 0.4) is 0 Å². The fourth-order valence-electron chi connectivity index (χ4n) is 12.9. The van der Waals surface area contributed by atoms with Crippen molar-refractivity contribution in [3.8, 4) is 33.3 Å². The molecule has 4 saturated heterocycles. The number of pyridine rings is 1. The van der Waals surface area contributed by atoms with Gasteiger partial charge in [0, 0.05) is 81.4 Å². The van der Waals surface area contributed by atoms with Crippen LogP contribution in [0.4, 0.5) is 17.2 Å². The Labute approximate surface area is 436 Å². The summed E-state index contributed by atoms with van der Waals surface area (Å²) in [6, 6.07) is 20.6. The number of nitrogens with one attached hydrogen (secondary N) is 2. The number of aryl methyl sites for hydroxylation is 1. The Morgan fingerprint density at radius 3 is 2.28 bits per heavy atom. The number of hydrogen-bond donors (Lipinski definition) is 5. The van der Waals surface area contributed by atoms with Crippen LogP contribution in [-0.4, -0.2) is 133 Å². The molecular weight excluding hydrogens is 955 g/mol. The maximum atomic E-state index is 14.3. The van der Waals surface area contributed by atoms with E-state index in [0.29, 0.717) is 41.1 Å². The number of nitrogens with two attached hydrogens (primary N) is 1. The number of carbonyl (C=O) groups excluding carboxylic acids is 3. The molecule has 5 aromatic rings. The van der Waals surface area contributed by atoms with Crippen molar-refractivity contribution in [3.63, 3.8) is 0 Å². The van der Waals surface area contributed by atoms with E-state index in [1.165, 1.54) is 4.90 Å². The van der Waals surface area contributed by atoms with E-state index in [2.05, 4.69) is 46.6 Å². The van der Waals surface area contributed by atoms with Gasteiger partial charge in [0.15, 0.2) is 5.82 Å². The predicted molar refractivity (Wildman–Crippen MR) is 284 cm³/mol. The molecule has 2 aliphatic carbocycles. The lowest BCUT2D eigenvalue weighted by Gasteiger charge is -2.60. The number of β-amino-alcohol motifs (C(OH)–C–C–N with tert-alkyl or cyclic N) is 1. The summed E-state index contributed by atoms with van der Waals surface area (Å²) in [5.74, 6) is 0.279. The largest absolute Gasteiger partial charge is 0.507 e. The first-order valence-corrected chi connectivity index (χ1v) is 27.3. The number of rotatable bonds is 13. The highest BCUT2D eigenvalue weighted by Gasteiger charge is 2.57. The molecule has 6 N–H and O–H groups in total. The average Bonchev–Trinajstić information content (AvgIpc) is 4.06. The van der Waals surface area contributed by atoms with Gasteiger partial charge in [-0.2, -0.15) is 0 Å². The predicted octanol–water partition coefficient (Wildman–Crippen LogP) is 6.33. The smallest absolute Gasteiger partial charge is 0.246 e. The van der Waals surface area contributed by atoms with Gasteiger partial charge in [-0.15, -0.1) is 21.5 Å². The number of anilines is 3. The molecule has 1 spiro atoms. The van der Waals surface area contributed by atoms with Gasteiger partial charge in [-0.25, -0.2) is 9.97 Å². The number of aromatic hydroxyl groups is 1. The number of piperazine rings is 1. The monoisotopic (exact) mass is 1020 g/mol. The van der Waals surface area contributed by atoms with Crippen molar-refractivity contribution in [3.05, 3.63) is 89.7 Å². The number of aliphatic hydroxyl groups excluding tert-OH is 1. The lowest BCUT2D eigenvalue weighted by atomic mass is 9.49. The van der Waals surface area contributed by atoms with Crippen LogP contribution in [0.1, 0.15) is 89.8 Å². The number of nitrogens with zero attached hydrogens (tertiary/aromatic N) is 8. The van der Waals surface area contributed by atoms with E-state index in [0.717, 1.165) is 111 Å². The second-order valence-electron chi connectivity index (χ2n) is 23.0. The number of ether oxygens (including phenoxy) is 1. The first kappa shape index (κ1) is 49.8. The van der Waals surface area contributed by atoms with Gasteiger partial charge in [-0.05, 0) is 105 Å². The van der Waals surface area contributed by atoms with Crippen molar-refractivity contribution in [2.75, 3.05) is 48.3 Å². The molecule has 6 aliphatic rings. The highest BCUT2D eigenvalue weighted by atomic mass is 32.1. The minimum absolute atomic E-state index is 0.0412. The number of thiazole rings is 1. The third kappa shape index (κ3) is 9.99. The first-order chi connectivity index (χ1) is 35.6. The molecule has 2 aromatic carbocycles. The zero-order chi connectivity index (χ0) is 51.5. The van der Waals surface area contributed by atoms with Crippen molar-refractivity contribution in [2.45, 2.75) is 134 Å². The van der Waals surface area contributed by atoms with Crippen molar-refractivity contribution in [1.82, 2.24) is 40.6 Å². The van der Waals surface area contributed by atoms with Gasteiger partial charge >= 0.3 is 0 Å². The Morgan fingerprint density at radius 2 is 1.62 bits per heavy atom. The molecule has 7 heterocycles. The molecule has 11 rings (SSSR count). The summed E-state index contributed by atoms with van der Waals surface area (Å²) in [5.41, 5.74) is 13.9. The number of aliphatic hydroxyl groups is 1. The second kappa shape index (κ2) is 20.1. The van der Waals surface area contributed by atoms with Crippen LogP contribution in [0.15, 0.2) is 78.4 Å². The summed E-state index contributed by atoms with van der Waals surface area (Å²) < 4.78 is 6.46. The molecule has 3 aromatic heterocycles. The number of aromatic nitrogens is 4. The number of phenolic OH excluding ortho intramolecular Hbond substituents is 1. The topological polar surface area (TPSA) is 216 Å². The zero-order valence-electron chi connectivity index (χ0n) is 42.8. The number of carbonyl (C=O) groups is 3. The quantitative estimate of drug-likeness (QED) is 0.0873. The van der Waals surface area contributed by atoms with E-state index in [4.69, 9.17) is 15.5 Å². The van der Waals surface area contributed by atoms with Gasteiger partial charge in [-0.1, -0.05) is 57.2 Å². The molecule has 5 atom stereocenters. The van der Waals surface area contributed by atoms with Crippen LogP contribution in [0.25, 0.3) is 21.7 Å². The van der Waals surface area contributed by atoms with Crippen molar-refractivity contribution in [2.24, 2.45) is 16.7 Å². The van der Waals surface area contributed by atoms with Crippen LogP contribution >= 0.6 is 11.3 Å². The van der Waals surface area contributed by atoms with E-state index in [1.54, 1.807) is 23.5 Å². The number of nitrogen functional groups attached to an aromatic ring is 1. The summed E-state index contributed by atoms with van der Waals surface area (Å²) in [5, 5.41) is 35.8. The molecule has 74 heavy (non-hydrogen) atoms. The molecule has 2 bridgehead atoms. The normalized spacial score (nSPS) is 26.4. The minimum atomic E-state index is -0.845. The molecule has 18 heteroatoms. The van der Waals surface area contributed by atoms with Crippen LogP contribution in [-0.2, 0) is 20.9 Å². The van der Waals surface area contributed by atoms with Crippen LogP contribution in [0.2, 0.25) is 0 Å². The lowest BCUT2D eigenvalue weighted by Crippen LogP contribution is -2.62. The standard InChI is InChI=1S/C56H69N11O6S/c1-33-49(74-32-60-33)35-11-9-34(10-12-35)27-59-53(71)46-21-41(68)31-66(46)54(72)50(55(2,3)4)61-52(70)36-23-56(24-36)25-40(26-56)64-19-17-42(18-20-64)73-48-16-15-37(28-58-48)67-38-13-14-39(67)30-65(29-38)45-22-44(62-63-51(45)57)43-7-5-6-8-47(43)69/h5-12,15-16,22,28,32,36,38-42,46,50,68-69H,13-14,17-21,23-27,29-31H2,1-4H3,(H2,57,63)(H,59,71)(H,61,70)/t36?,38?,39?,40?,41-,46+,50-,56?/m1/s1. The summed E-state index contributed by atoms with van der Waals surface area (Å²) in [4.78, 5) is 60.9. The van der Waals surface area contributed by atoms with Gasteiger partial charge in [0.2, 0.25) is 23.6 Å². The first-order valence-electron chi connectivity index (χ1n) is 26.5. The summed E-state index contributed by atoms with van der Waals surface area (Å²) >= 11 is 1.59. The molecule has 390 valence electrons. The average molecular weight is 1020 g/mol. The molecule has 6 fully saturated rings. The van der Waals surface area contributed by atoms with Crippen molar-refractivity contribution in [1.29, 1.82) is 0 Å². The number of hydrogen-bond acceptors (Lipinski definition) is 15. The molecule has 0 radical (unpaired) electrons. The molecule has 4 aliphatic heterocycles. The highest BCUT2D eigenvalue weighted by molar-refractivity contribution is 7.13. The Bertz CT molecular complexity index is 2840. The maximum Gasteiger partial charge on any atom is 0.246 e. The number of fused-ring (bicyclic) bond motifs is 2. The SMILES string of the molecule is Cc1ncsc1-c1ccc(CNC(=O)[C@@H]2C[C@@H](O)CN2C(=O)[C@@H](NC(=O)C2CC3(C2)CC(N2CCC(Oc4ccc(N5C6CCC5CN(c5cc(-c7ccccc7O)nnc5N)C6)cn4)CC2)C3)C(C)(C)C)cc1. The number of benzene rings is 2. The third-order valence-corrected chi connectivity index (χ3v) is 17.8. The van der Waals surface area contributed by atoms with Gasteiger partial charge in [0.05, 0.1) is 45.5 Å². The summed E-state index contributed by atoms with van der Waals surface area (Å²) in [6.07, 6.45) is 9.17. The summed E-state index contributed by atoms with van der Waals surface area (Å²) in [6.45, 7) is 11.6.